The molecule has 0 radical (unpaired) electrons. The minimum atomic E-state index is -0.0819. The van der Waals surface area contributed by atoms with E-state index in [0.29, 0.717) is 17.1 Å². The second kappa shape index (κ2) is 7.60. The van der Waals surface area contributed by atoms with Gasteiger partial charge in [0.2, 0.25) is 5.91 Å². The van der Waals surface area contributed by atoms with Gasteiger partial charge in [0.1, 0.15) is 0 Å². The zero-order valence-corrected chi connectivity index (χ0v) is 15.3. The van der Waals surface area contributed by atoms with Crippen molar-refractivity contribution in [3.05, 3.63) is 95.6 Å². The molecule has 4 aromatic rings. The Hall–Kier alpha value is -3.17. The average Bonchev–Trinajstić information content (AvgIpc) is 2.69. The van der Waals surface area contributed by atoms with Crippen LogP contribution in [0.4, 0.5) is 5.69 Å². The molecular weight excluding hydrogens is 356 g/mol. The van der Waals surface area contributed by atoms with E-state index in [1.807, 2.05) is 78.9 Å². The van der Waals surface area contributed by atoms with Crippen molar-refractivity contribution in [2.75, 3.05) is 5.32 Å². The molecule has 0 spiro atoms. The lowest BCUT2D eigenvalue weighted by molar-refractivity contribution is -0.115. The molecule has 3 aromatic carbocycles. The largest absolute Gasteiger partial charge is 0.324 e. The van der Waals surface area contributed by atoms with E-state index >= 15 is 0 Å². The van der Waals surface area contributed by atoms with Crippen molar-refractivity contribution < 1.29 is 4.79 Å². The molecule has 3 nitrogen and oxygen atoms in total. The monoisotopic (exact) mass is 372 g/mol. The lowest BCUT2D eigenvalue weighted by Gasteiger charge is -2.14. The smallest absolute Gasteiger partial charge is 0.228 e. The minimum Gasteiger partial charge on any atom is -0.324 e. The van der Waals surface area contributed by atoms with Crippen LogP contribution in [0, 0.1) is 0 Å². The third-order valence-corrected chi connectivity index (χ3v) is 4.61. The Bertz CT molecular complexity index is 1100. The van der Waals surface area contributed by atoms with Gasteiger partial charge >= 0.3 is 0 Å². The highest BCUT2D eigenvalue weighted by atomic mass is 35.5. The zero-order valence-electron chi connectivity index (χ0n) is 14.5. The predicted molar refractivity (Wildman–Crippen MR) is 111 cm³/mol. The molecule has 0 saturated carbocycles. The number of halogens is 1. The summed E-state index contributed by atoms with van der Waals surface area (Å²) >= 11 is 6.23. The van der Waals surface area contributed by atoms with Gasteiger partial charge in [0.25, 0.3) is 0 Å². The molecule has 0 aliphatic rings. The zero-order chi connectivity index (χ0) is 18.6. The molecule has 132 valence electrons. The first-order valence-electron chi connectivity index (χ1n) is 8.68. The van der Waals surface area contributed by atoms with Gasteiger partial charge in [0, 0.05) is 16.0 Å². The number of carbonyl (C=O) groups excluding carboxylic acids is 1. The van der Waals surface area contributed by atoms with Gasteiger partial charge in [-0.1, -0.05) is 72.3 Å². The normalized spacial score (nSPS) is 10.7. The lowest BCUT2D eigenvalue weighted by atomic mass is 9.99. The molecule has 0 aliphatic heterocycles. The first kappa shape index (κ1) is 17.3. The van der Waals surface area contributed by atoms with Gasteiger partial charge in [-0.05, 0) is 29.3 Å². The number of benzene rings is 3. The fraction of sp³-hybridized carbons (Fsp3) is 0.0435. The number of fused-ring (bicyclic) bond motifs is 1. The summed E-state index contributed by atoms with van der Waals surface area (Å²) in [7, 11) is 0. The van der Waals surface area contributed by atoms with Crippen LogP contribution in [0.15, 0.2) is 85.1 Å². The molecule has 1 N–H and O–H groups in total. The Morgan fingerprint density at radius 3 is 2.37 bits per heavy atom. The highest BCUT2D eigenvalue weighted by Crippen LogP contribution is 2.35. The van der Waals surface area contributed by atoms with Crippen LogP contribution in [0.2, 0.25) is 5.02 Å². The fourth-order valence-corrected chi connectivity index (χ4v) is 3.32. The Morgan fingerprint density at radius 1 is 0.926 bits per heavy atom. The first-order chi connectivity index (χ1) is 13.2. The van der Waals surface area contributed by atoms with E-state index < -0.39 is 0 Å². The molecule has 1 aromatic heterocycles. The van der Waals surface area contributed by atoms with Crippen molar-refractivity contribution >= 4 is 34.1 Å². The second-order valence-corrected chi connectivity index (χ2v) is 6.72. The topological polar surface area (TPSA) is 42.0 Å². The van der Waals surface area contributed by atoms with E-state index in [1.165, 1.54) is 0 Å². The summed E-state index contributed by atoms with van der Waals surface area (Å²) in [4.78, 5) is 17.1. The van der Waals surface area contributed by atoms with Gasteiger partial charge in [0.15, 0.2) is 0 Å². The molecular formula is C23H17ClN2O. The molecule has 4 rings (SSSR count). The van der Waals surface area contributed by atoms with Crippen molar-refractivity contribution in [3.63, 3.8) is 0 Å². The Morgan fingerprint density at radius 2 is 1.63 bits per heavy atom. The minimum absolute atomic E-state index is 0.0819. The van der Waals surface area contributed by atoms with E-state index in [9.17, 15) is 4.79 Å². The number of pyridine rings is 1. The van der Waals surface area contributed by atoms with Crippen LogP contribution in [-0.2, 0) is 11.2 Å². The summed E-state index contributed by atoms with van der Waals surface area (Å²) in [6, 6.07) is 25.2. The molecule has 0 fully saturated rings. The van der Waals surface area contributed by atoms with Crippen LogP contribution < -0.4 is 5.32 Å². The van der Waals surface area contributed by atoms with E-state index in [-0.39, 0.29) is 5.91 Å². The SMILES string of the molecule is O=C(Cc1ccccc1)Nc1cnc2ccc(Cl)cc2c1-c1ccccc1. The molecule has 27 heavy (non-hydrogen) atoms. The van der Waals surface area contributed by atoms with Crippen LogP contribution in [0.5, 0.6) is 0 Å². The number of anilines is 1. The van der Waals surface area contributed by atoms with Gasteiger partial charge in [-0.25, -0.2) is 0 Å². The van der Waals surface area contributed by atoms with E-state index in [1.54, 1.807) is 6.20 Å². The van der Waals surface area contributed by atoms with E-state index in [4.69, 9.17) is 11.6 Å². The Balaban J connectivity index is 1.77. The van der Waals surface area contributed by atoms with Gasteiger partial charge in [0.05, 0.1) is 23.8 Å². The van der Waals surface area contributed by atoms with Crippen molar-refractivity contribution in [2.45, 2.75) is 6.42 Å². The molecule has 0 atom stereocenters. The van der Waals surface area contributed by atoms with E-state index in [0.717, 1.165) is 27.6 Å². The average molecular weight is 373 g/mol. The van der Waals surface area contributed by atoms with E-state index in [2.05, 4.69) is 10.3 Å². The number of aromatic nitrogens is 1. The Labute approximate surface area is 162 Å². The van der Waals surface area contributed by atoms with Crippen LogP contribution in [0.1, 0.15) is 5.56 Å². The standard InChI is InChI=1S/C23H17ClN2O/c24-18-11-12-20-19(14-18)23(17-9-5-2-6-10-17)21(15-25-20)26-22(27)13-16-7-3-1-4-8-16/h1-12,14-15H,13H2,(H,26,27). The van der Waals surface area contributed by atoms with Crippen molar-refractivity contribution in [1.29, 1.82) is 0 Å². The number of carbonyl (C=O) groups is 1. The predicted octanol–water partition coefficient (Wildman–Crippen LogP) is 5.74. The van der Waals surface area contributed by atoms with Crippen LogP contribution in [0.25, 0.3) is 22.0 Å². The third kappa shape index (κ3) is 3.83. The van der Waals surface area contributed by atoms with Gasteiger partial charge in [-0.2, -0.15) is 0 Å². The summed E-state index contributed by atoms with van der Waals surface area (Å²) in [6.07, 6.45) is 2.02. The van der Waals surface area contributed by atoms with Gasteiger partial charge < -0.3 is 5.32 Å². The third-order valence-electron chi connectivity index (χ3n) is 4.37. The summed E-state index contributed by atoms with van der Waals surface area (Å²) in [5.41, 5.74) is 4.40. The summed E-state index contributed by atoms with van der Waals surface area (Å²) in [5.74, 6) is -0.0819. The van der Waals surface area contributed by atoms with Crippen molar-refractivity contribution in [3.8, 4) is 11.1 Å². The molecule has 0 saturated heterocycles. The van der Waals surface area contributed by atoms with Gasteiger partial charge in [-0.3, -0.25) is 9.78 Å². The molecule has 0 bridgehead atoms. The van der Waals surface area contributed by atoms with Crippen LogP contribution in [-0.4, -0.2) is 10.9 Å². The lowest BCUT2D eigenvalue weighted by Crippen LogP contribution is -2.15. The van der Waals surface area contributed by atoms with Crippen molar-refractivity contribution in [2.24, 2.45) is 0 Å². The number of amides is 1. The second-order valence-electron chi connectivity index (χ2n) is 6.28. The maximum atomic E-state index is 12.6. The molecule has 1 heterocycles. The number of nitrogens with zero attached hydrogens (tertiary/aromatic N) is 1. The van der Waals surface area contributed by atoms with Crippen LogP contribution >= 0.6 is 11.6 Å². The van der Waals surface area contributed by atoms with Crippen LogP contribution in [0.3, 0.4) is 0 Å². The number of nitrogens with one attached hydrogen (secondary N) is 1. The highest BCUT2D eigenvalue weighted by molar-refractivity contribution is 6.31. The molecule has 0 unspecified atom stereocenters. The van der Waals surface area contributed by atoms with Crippen molar-refractivity contribution in [1.82, 2.24) is 4.98 Å². The fourth-order valence-electron chi connectivity index (χ4n) is 3.15. The number of rotatable bonds is 4. The quantitative estimate of drug-likeness (QED) is 0.496. The highest BCUT2D eigenvalue weighted by Gasteiger charge is 2.14. The van der Waals surface area contributed by atoms with Gasteiger partial charge in [-0.15, -0.1) is 0 Å². The number of hydrogen-bond acceptors (Lipinski definition) is 2. The molecule has 4 heteroatoms. The summed E-state index contributed by atoms with van der Waals surface area (Å²) in [6.45, 7) is 0. The maximum absolute atomic E-state index is 12.6. The maximum Gasteiger partial charge on any atom is 0.228 e. The molecule has 1 amide bonds. The Kier molecular flexibility index (Phi) is 4.86. The summed E-state index contributed by atoms with van der Waals surface area (Å²) in [5, 5.41) is 4.57. The first-order valence-corrected chi connectivity index (χ1v) is 9.06. The molecule has 0 aliphatic carbocycles. The summed E-state index contributed by atoms with van der Waals surface area (Å²) < 4.78 is 0. The number of hydrogen-bond donors (Lipinski definition) is 1.